The van der Waals surface area contributed by atoms with E-state index in [2.05, 4.69) is 29.3 Å². The van der Waals surface area contributed by atoms with Crippen LogP contribution in [0.1, 0.15) is 46.9 Å². The van der Waals surface area contributed by atoms with E-state index in [1.54, 1.807) is 11.3 Å². The number of carboxylic acid groups (broad SMARTS) is 1. The van der Waals surface area contributed by atoms with Gasteiger partial charge in [-0.25, -0.2) is 0 Å². The molecule has 1 aromatic heterocycles. The molecule has 156 valence electrons. The molecule has 1 saturated heterocycles. The molecule has 0 amide bonds. The van der Waals surface area contributed by atoms with Gasteiger partial charge in [0.05, 0.1) is 6.04 Å². The third kappa shape index (κ3) is 4.58. The van der Waals surface area contributed by atoms with Crippen LogP contribution in [-0.4, -0.2) is 28.6 Å². The summed E-state index contributed by atoms with van der Waals surface area (Å²) in [5, 5.41) is 12.0. The Kier molecular flexibility index (Phi) is 6.50. The molecule has 2 heterocycles. The third-order valence-electron chi connectivity index (χ3n) is 5.63. The van der Waals surface area contributed by atoms with Gasteiger partial charge in [0.2, 0.25) is 0 Å². The second-order valence-electron chi connectivity index (χ2n) is 7.83. The van der Waals surface area contributed by atoms with Crippen LogP contribution in [0.2, 0.25) is 0 Å². The highest BCUT2D eigenvalue weighted by Gasteiger charge is 2.36. The van der Waals surface area contributed by atoms with Crippen molar-refractivity contribution < 1.29 is 14.6 Å². The van der Waals surface area contributed by atoms with Crippen LogP contribution in [0.25, 0.3) is 0 Å². The van der Waals surface area contributed by atoms with Crippen LogP contribution in [0.4, 0.5) is 0 Å². The molecule has 3 aromatic rings. The lowest BCUT2D eigenvalue weighted by molar-refractivity contribution is -0.145. The van der Waals surface area contributed by atoms with Gasteiger partial charge >= 0.3 is 5.97 Å². The van der Waals surface area contributed by atoms with E-state index in [1.807, 2.05) is 48.5 Å². The van der Waals surface area contributed by atoms with Gasteiger partial charge in [0.1, 0.15) is 18.4 Å². The summed E-state index contributed by atoms with van der Waals surface area (Å²) >= 11 is 1.69. The predicted molar refractivity (Wildman–Crippen MR) is 120 cm³/mol. The maximum absolute atomic E-state index is 12.1. The summed E-state index contributed by atoms with van der Waals surface area (Å²) in [5.41, 5.74) is 3.34. The molecule has 1 N–H and O–H groups in total. The largest absolute Gasteiger partial charge is 0.489 e. The average molecular weight is 422 g/mol. The van der Waals surface area contributed by atoms with Crippen molar-refractivity contribution >= 4 is 17.3 Å². The van der Waals surface area contributed by atoms with Gasteiger partial charge in [-0.3, -0.25) is 9.69 Å². The van der Waals surface area contributed by atoms with Gasteiger partial charge in [-0.1, -0.05) is 55.0 Å². The molecule has 5 heteroatoms. The molecule has 0 saturated carbocycles. The molecule has 0 spiro atoms. The lowest BCUT2D eigenvalue weighted by Gasteiger charge is -2.39. The first kappa shape index (κ1) is 20.6. The minimum Gasteiger partial charge on any atom is -0.489 e. The van der Waals surface area contributed by atoms with Gasteiger partial charge in [-0.15, -0.1) is 11.3 Å². The highest BCUT2D eigenvalue weighted by atomic mass is 32.1. The van der Waals surface area contributed by atoms with Crippen molar-refractivity contribution in [3.05, 3.63) is 87.6 Å². The number of hydrogen-bond acceptors (Lipinski definition) is 4. The minimum absolute atomic E-state index is 0.128. The number of para-hydroxylation sites is 1. The Hall–Kier alpha value is -2.63. The van der Waals surface area contributed by atoms with E-state index in [0.29, 0.717) is 13.0 Å². The van der Waals surface area contributed by atoms with Gasteiger partial charge in [0, 0.05) is 10.4 Å². The fourth-order valence-corrected chi connectivity index (χ4v) is 5.23. The highest BCUT2D eigenvalue weighted by molar-refractivity contribution is 7.10. The molecule has 2 unspecified atom stereocenters. The first-order chi connectivity index (χ1) is 14.6. The van der Waals surface area contributed by atoms with Crippen molar-refractivity contribution in [2.45, 2.75) is 44.9 Å². The van der Waals surface area contributed by atoms with Crippen LogP contribution in [0.5, 0.6) is 5.75 Å². The summed E-state index contributed by atoms with van der Waals surface area (Å²) in [6, 6.07) is 19.7. The maximum Gasteiger partial charge on any atom is 0.320 e. The molecule has 0 aliphatic carbocycles. The maximum atomic E-state index is 12.1. The second-order valence-corrected chi connectivity index (χ2v) is 8.77. The number of benzene rings is 2. The molecule has 30 heavy (non-hydrogen) atoms. The smallest absolute Gasteiger partial charge is 0.320 e. The zero-order chi connectivity index (χ0) is 20.9. The number of nitrogens with zero attached hydrogens (tertiary/aromatic N) is 1. The lowest BCUT2D eigenvalue weighted by Crippen LogP contribution is -2.46. The molecule has 1 aliphatic rings. The van der Waals surface area contributed by atoms with Gasteiger partial charge < -0.3 is 9.84 Å². The zero-order valence-corrected chi connectivity index (χ0v) is 18.0. The summed E-state index contributed by atoms with van der Waals surface area (Å²) < 4.78 is 6.25. The Balaban J connectivity index is 1.71. The molecule has 4 nitrogen and oxygen atoms in total. The predicted octanol–water partition coefficient (Wildman–Crippen LogP) is 5.66. The quantitative estimate of drug-likeness (QED) is 0.534. The molecule has 4 rings (SSSR count). The van der Waals surface area contributed by atoms with Gasteiger partial charge in [-0.2, -0.15) is 0 Å². The van der Waals surface area contributed by atoms with E-state index in [9.17, 15) is 9.90 Å². The Morgan fingerprint density at radius 3 is 2.67 bits per heavy atom. The van der Waals surface area contributed by atoms with Crippen LogP contribution < -0.4 is 4.74 Å². The van der Waals surface area contributed by atoms with Crippen molar-refractivity contribution in [3.8, 4) is 5.75 Å². The summed E-state index contributed by atoms with van der Waals surface area (Å²) in [4.78, 5) is 15.4. The van der Waals surface area contributed by atoms with Gasteiger partial charge in [-0.05, 0) is 54.9 Å². The van der Waals surface area contributed by atoms with Crippen LogP contribution in [0.15, 0.2) is 66.0 Å². The minimum atomic E-state index is -0.740. The first-order valence-electron chi connectivity index (χ1n) is 10.4. The van der Waals surface area contributed by atoms with E-state index >= 15 is 0 Å². The number of ether oxygens (including phenoxy) is 1. The van der Waals surface area contributed by atoms with Gasteiger partial charge in [0.15, 0.2) is 0 Å². The summed E-state index contributed by atoms with van der Waals surface area (Å²) in [6.45, 7) is 3.34. The Labute approximate surface area is 181 Å². The van der Waals surface area contributed by atoms with Crippen molar-refractivity contribution in [2.75, 3.05) is 6.54 Å². The number of rotatable bonds is 7. The number of carbonyl (C=O) groups is 1. The molecule has 0 bridgehead atoms. The summed E-state index contributed by atoms with van der Waals surface area (Å²) in [6.07, 6.45) is 2.65. The second kappa shape index (κ2) is 9.45. The zero-order valence-electron chi connectivity index (χ0n) is 17.2. The number of aliphatic carboxylic acids is 1. The number of carboxylic acids is 1. The number of hydrogen-bond donors (Lipinski definition) is 1. The van der Waals surface area contributed by atoms with Crippen LogP contribution in [0.3, 0.4) is 0 Å². The fourth-order valence-electron chi connectivity index (χ4n) is 4.19. The number of thiophene rings is 1. The molecule has 0 radical (unpaired) electrons. The molecule has 1 fully saturated rings. The van der Waals surface area contributed by atoms with Crippen molar-refractivity contribution in [2.24, 2.45) is 0 Å². The van der Waals surface area contributed by atoms with E-state index in [1.165, 1.54) is 5.56 Å². The fraction of sp³-hybridized carbons (Fsp3) is 0.320. The third-order valence-corrected chi connectivity index (χ3v) is 6.73. The van der Waals surface area contributed by atoms with Crippen LogP contribution in [0, 0.1) is 6.92 Å². The topological polar surface area (TPSA) is 49.8 Å². The normalized spacial score (nSPS) is 18.1. The number of likely N-dealkylation sites (tertiary alicyclic amines) is 1. The molecule has 2 aromatic carbocycles. The molecular formula is C25H27NO3S. The van der Waals surface area contributed by atoms with E-state index in [-0.39, 0.29) is 6.04 Å². The Morgan fingerprint density at radius 2 is 1.93 bits per heavy atom. The molecule has 2 atom stereocenters. The van der Waals surface area contributed by atoms with Crippen molar-refractivity contribution in [3.63, 3.8) is 0 Å². The number of piperidine rings is 1. The monoisotopic (exact) mass is 421 g/mol. The number of aryl methyl sites for hydroxylation is 1. The van der Waals surface area contributed by atoms with E-state index in [4.69, 9.17) is 4.74 Å². The lowest BCUT2D eigenvalue weighted by atomic mass is 9.94. The Bertz CT molecular complexity index is 985. The van der Waals surface area contributed by atoms with Crippen LogP contribution in [-0.2, 0) is 11.4 Å². The molecular weight excluding hydrogens is 394 g/mol. The molecule has 1 aliphatic heterocycles. The highest BCUT2D eigenvalue weighted by Crippen LogP contribution is 2.40. The standard InChI is InChI=1S/C25H27NO3S/c1-18-15-23(30-17-18)24(26-14-8-7-12-21(26)25(27)28)20-11-5-6-13-22(20)29-16-19-9-3-2-4-10-19/h2-6,9-11,13,15,17,21,24H,7-8,12,14,16H2,1H3,(H,27,28). The SMILES string of the molecule is Cc1csc(C(c2ccccc2OCc2ccccc2)N2CCCCC2C(=O)O)c1. The summed E-state index contributed by atoms with van der Waals surface area (Å²) in [7, 11) is 0. The van der Waals surface area contributed by atoms with Crippen molar-refractivity contribution in [1.82, 2.24) is 4.90 Å². The first-order valence-corrected chi connectivity index (χ1v) is 11.3. The van der Waals surface area contributed by atoms with Gasteiger partial charge in [0.25, 0.3) is 0 Å². The van der Waals surface area contributed by atoms with Crippen molar-refractivity contribution in [1.29, 1.82) is 0 Å². The van der Waals surface area contributed by atoms with E-state index < -0.39 is 12.0 Å². The van der Waals surface area contributed by atoms with Crippen LogP contribution >= 0.6 is 11.3 Å². The Morgan fingerprint density at radius 1 is 1.17 bits per heavy atom. The van der Waals surface area contributed by atoms with E-state index in [0.717, 1.165) is 41.1 Å². The summed E-state index contributed by atoms with van der Waals surface area (Å²) in [5.74, 6) is 0.0720. The average Bonchev–Trinajstić information content (AvgIpc) is 3.20.